The Morgan fingerprint density at radius 1 is 1.33 bits per heavy atom. The highest BCUT2D eigenvalue weighted by Crippen LogP contribution is 2.67. The molecule has 1 aromatic heterocycles. The van der Waals surface area contributed by atoms with Crippen molar-refractivity contribution in [2.24, 2.45) is 22.7 Å². The van der Waals surface area contributed by atoms with Crippen LogP contribution < -0.4 is 0 Å². The fraction of sp³-hybridized carbons (Fsp3) is 0.750. The molecule has 3 aliphatic rings. The second-order valence-electron chi connectivity index (χ2n) is 8.80. The van der Waals surface area contributed by atoms with Crippen molar-refractivity contribution in [1.29, 1.82) is 0 Å². The first-order chi connectivity index (χ1) is 11.3. The summed E-state index contributed by atoms with van der Waals surface area (Å²) in [5.74, 6) is 0.190. The minimum absolute atomic E-state index is 0.0306. The van der Waals surface area contributed by atoms with E-state index in [1.807, 2.05) is 6.07 Å². The lowest BCUT2D eigenvalue weighted by molar-refractivity contribution is -0.217. The van der Waals surface area contributed by atoms with Crippen molar-refractivity contribution in [2.45, 2.75) is 71.0 Å². The highest BCUT2D eigenvalue weighted by molar-refractivity contribution is 5.80. The molecular formula is C20H28O4. The van der Waals surface area contributed by atoms with Crippen LogP contribution >= 0.6 is 0 Å². The molecule has 0 amide bonds. The van der Waals surface area contributed by atoms with E-state index in [1.54, 1.807) is 12.5 Å². The van der Waals surface area contributed by atoms with Crippen LogP contribution in [0, 0.1) is 22.7 Å². The molecule has 4 heteroatoms. The van der Waals surface area contributed by atoms with Crippen molar-refractivity contribution < 1.29 is 19.1 Å². The molecule has 0 unspecified atom stereocenters. The van der Waals surface area contributed by atoms with Gasteiger partial charge in [0.05, 0.1) is 23.5 Å². The predicted molar refractivity (Wildman–Crippen MR) is 89.2 cm³/mol. The van der Waals surface area contributed by atoms with Gasteiger partial charge in [-0.05, 0) is 56.6 Å². The average molecular weight is 332 g/mol. The van der Waals surface area contributed by atoms with Crippen LogP contribution in [0.4, 0.5) is 0 Å². The van der Waals surface area contributed by atoms with Crippen LogP contribution in [0.15, 0.2) is 23.0 Å². The zero-order chi connectivity index (χ0) is 17.2. The molecule has 2 aliphatic carbocycles. The number of aliphatic hydroxyl groups is 1. The number of furan rings is 1. The minimum Gasteiger partial charge on any atom is -0.472 e. The van der Waals surface area contributed by atoms with Crippen LogP contribution in [0.3, 0.4) is 0 Å². The molecule has 1 aromatic rings. The van der Waals surface area contributed by atoms with Gasteiger partial charge < -0.3 is 14.3 Å². The number of carbonyl (C=O) groups excluding carboxylic acids is 1. The summed E-state index contributed by atoms with van der Waals surface area (Å²) < 4.78 is 11.0. The monoisotopic (exact) mass is 332 g/mol. The van der Waals surface area contributed by atoms with Crippen molar-refractivity contribution in [3.8, 4) is 0 Å². The van der Waals surface area contributed by atoms with E-state index in [0.717, 1.165) is 37.7 Å². The van der Waals surface area contributed by atoms with Crippen molar-refractivity contribution in [3.63, 3.8) is 0 Å². The summed E-state index contributed by atoms with van der Waals surface area (Å²) in [5, 5.41) is 11.9. The summed E-state index contributed by atoms with van der Waals surface area (Å²) in [5.41, 5.74) is -0.362. The Hall–Kier alpha value is -1.29. The normalized spacial score (nSPS) is 47.3. The largest absolute Gasteiger partial charge is 0.472 e. The molecule has 3 fully saturated rings. The molecule has 1 saturated heterocycles. The van der Waals surface area contributed by atoms with Crippen molar-refractivity contribution in [1.82, 2.24) is 0 Å². The summed E-state index contributed by atoms with van der Waals surface area (Å²) in [7, 11) is 0. The average Bonchev–Trinajstić information content (AvgIpc) is 3.12. The number of ether oxygens (including phenoxy) is 1. The summed E-state index contributed by atoms with van der Waals surface area (Å²) in [6.45, 7) is 6.38. The van der Waals surface area contributed by atoms with Crippen LogP contribution in [0.5, 0.6) is 0 Å². The standard InChI is InChI=1S/C20H28O4/c1-13-11-15-16-18(2,17(21)24-15)7-4-8-19(16,3)20(13,22)9-5-14-6-10-23-12-14/h6,10,12-13,15-16,22H,4-5,7-9,11H2,1-3H3/t13-,15-,16+,18-,19+,20-/m0/s1. The molecule has 6 atom stereocenters. The maximum atomic E-state index is 12.6. The molecule has 1 N–H and O–H groups in total. The lowest BCUT2D eigenvalue weighted by Gasteiger charge is -2.61. The van der Waals surface area contributed by atoms with Gasteiger partial charge in [0.15, 0.2) is 0 Å². The van der Waals surface area contributed by atoms with Gasteiger partial charge in [0, 0.05) is 11.3 Å². The van der Waals surface area contributed by atoms with E-state index in [-0.39, 0.29) is 29.3 Å². The van der Waals surface area contributed by atoms with E-state index in [0.29, 0.717) is 6.42 Å². The Morgan fingerprint density at radius 3 is 2.83 bits per heavy atom. The minimum atomic E-state index is -0.777. The van der Waals surface area contributed by atoms with E-state index in [4.69, 9.17) is 9.15 Å². The number of carbonyl (C=O) groups is 1. The van der Waals surface area contributed by atoms with Gasteiger partial charge in [0.1, 0.15) is 6.10 Å². The predicted octanol–water partition coefficient (Wildman–Crippen LogP) is 3.72. The molecule has 2 heterocycles. The van der Waals surface area contributed by atoms with E-state index in [2.05, 4.69) is 20.8 Å². The van der Waals surface area contributed by atoms with Crippen molar-refractivity contribution >= 4 is 5.97 Å². The zero-order valence-electron chi connectivity index (χ0n) is 14.9. The second kappa shape index (κ2) is 5.10. The molecule has 0 radical (unpaired) electrons. The third kappa shape index (κ3) is 1.92. The first-order valence-corrected chi connectivity index (χ1v) is 9.26. The van der Waals surface area contributed by atoms with Crippen LogP contribution in [-0.4, -0.2) is 22.8 Å². The number of hydrogen-bond acceptors (Lipinski definition) is 4. The molecule has 4 nitrogen and oxygen atoms in total. The lowest BCUT2D eigenvalue weighted by atomic mass is 9.44. The summed E-state index contributed by atoms with van der Waals surface area (Å²) in [6.07, 6.45) is 8.51. The smallest absolute Gasteiger partial charge is 0.312 e. The van der Waals surface area contributed by atoms with Crippen molar-refractivity contribution in [3.05, 3.63) is 24.2 Å². The molecular weight excluding hydrogens is 304 g/mol. The fourth-order valence-corrected chi connectivity index (χ4v) is 6.30. The molecule has 2 saturated carbocycles. The first-order valence-electron chi connectivity index (χ1n) is 9.26. The zero-order valence-corrected chi connectivity index (χ0v) is 14.9. The number of esters is 1. The Labute approximate surface area is 143 Å². The Kier molecular flexibility index (Phi) is 3.44. The van der Waals surface area contributed by atoms with Crippen LogP contribution in [0.1, 0.15) is 58.4 Å². The third-order valence-electron chi connectivity index (χ3n) is 7.63. The van der Waals surface area contributed by atoms with Crippen molar-refractivity contribution in [2.75, 3.05) is 0 Å². The quantitative estimate of drug-likeness (QED) is 0.857. The molecule has 132 valence electrons. The Balaban J connectivity index is 1.70. The second-order valence-corrected chi connectivity index (χ2v) is 8.80. The number of aryl methyl sites for hydroxylation is 1. The molecule has 0 spiro atoms. The van der Waals surface area contributed by atoms with E-state index in [1.165, 1.54) is 0 Å². The topological polar surface area (TPSA) is 59.7 Å². The summed E-state index contributed by atoms with van der Waals surface area (Å²) >= 11 is 0. The fourth-order valence-electron chi connectivity index (χ4n) is 6.30. The van der Waals surface area contributed by atoms with Gasteiger partial charge in [-0.15, -0.1) is 0 Å². The van der Waals surface area contributed by atoms with Gasteiger partial charge >= 0.3 is 5.97 Å². The van der Waals surface area contributed by atoms with E-state index < -0.39 is 11.0 Å². The van der Waals surface area contributed by atoms with Gasteiger partial charge in [0.2, 0.25) is 0 Å². The summed E-state index contributed by atoms with van der Waals surface area (Å²) in [6, 6.07) is 1.97. The van der Waals surface area contributed by atoms with Crippen LogP contribution in [-0.2, 0) is 16.0 Å². The highest BCUT2D eigenvalue weighted by Gasteiger charge is 2.70. The Morgan fingerprint density at radius 2 is 2.12 bits per heavy atom. The molecule has 0 bridgehead atoms. The highest BCUT2D eigenvalue weighted by atomic mass is 16.6. The lowest BCUT2D eigenvalue weighted by Crippen LogP contribution is -2.65. The maximum absolute atomic E-state index is 12.6. The molecule has 1 aliphatic heterocycles. The van der Waals surface area contributed by atoms with Gasteiger partial charge in [-0.2, -0.15) is 0 Å². The van der Waals surface area contributed by atoms with Crippen LogP contribution in [0.25, 0.3) is 0 Å². The van der Waals surface area contributed by atoms with Gasteiger partial charge in [0.25, 0.3) is 0 Å². The Bertz CT molecular complexity index is 638. The van der Waals surface area contributed by atoms with Gasteiger partial charge in [-0.25, -0.2) is 0 Å². The molecule has 4 rings (SSSR count). The SMILES string of the molecule is C[C@H]1C[C@@H]2OC(=O)[C@@]3(C)CCC[C@](C)([C@H]23)[C@]1(O)CCc1ccoc1. The van der Waals surface area contributed by atoms with Crippen LogP contribution in [0.2, 0.25) is 0 Å². The van der Waals surface area contributed by atoms with Gasteiger partial charge in [-0.1, -0.05) is 20.3 Å². The van der Waals surface area contributed by atoms with E-state index in [9.17, 15) is 9.90 Å². The van der Waals surface area contributed by atoms with E-state index >= 15 is 0 Å². The summed E-state index contributed by atoms with van der Waals surface area (Å²) in [4.78, 5) is 12.6. The van der Waals surface area contributed by atoms with Gasteiger partial charge in [-0.3, -0.25) is 4.79 Å². The molecule has 24 heavy (non-hydrogen) atoms. The number of hydrogen-bond donors (Lipinski definition) is 1. The number of rotatable bonds is 3. The molecule has 0 aromatic carbocycles. The third-order valence-corrected chi connectivity index (χ3v) is 7.63. The first kappa shape index (κ1) is 16.2. The maximum Gasteiger partial charge on any atom is 0.312 e.